The molecule has 4 heteroatoms. The zero-order chi connectivity index (χ0) is 13.0. The molecule has 0 radical (unpaired) electrons. The van der Waals surface area contributed by atoms with Crippen molar-refractivity contribution in [2.45, 2.75) is 45.1 Å². The summed E-state index contributed by atoms with van der Waals surface area (Å²) in [5.74, 6) is 1.27. The van der Waals surface area contributed by atoms with Crippen molar-refractivity contribution in [2.75, 3.05) is 0 Å². The Morgan fingerprint density at radius 1 is 1.50 bits per heavy atom. The van der Waals surface area contributed by atoms with Crippen LogP contribution in [-0.2, 0) is 0 Å². The molecule has 1 fully saturated rings. The molecule has 0 spiro atoms. The minimum absolute atomic E-state index is 0.0536. The minimum atomic E-state index is 0.0536. The highest BCUT2D eigenvalue weighted by Crippen LogP contribution is 2.29. The van der Waals surface area contributed by atoms with Gasteiger partial charge in [-0.3, -0.25) is 5.41 Å². The second kappa shape index (κ2) is 5.85. The Morgan fingerprint density at radius 3 is 3.00 bits per heavy atom. The molecule has 0 aromatic carbocycles. The molecule has 1 aromatic heterocycles. The second-order valence-corrected chi connectivity index (χ2v) is 4.91. The molecule has 0 saturated heterocycles. The summed E-state index contributed by atoms with van der Waals surface area (Å²) in [5, 5.41) is 7.42. The van der Waals surface area contributed by atoms with Crippen molar-refractivity contribution in [3.05, 3.63) is 23.9 Å². The largest absolute Gasteiger partial charge is 0.474 e. The van der Waals surface area contributed by atoms with E-state index < -0.39 is 0 Å². The van der Waals surface area contributed by atoms with E-state index in [1.807, 2.05) is 0 Å². The third kappa shape index (κ3) is 3.00. The highest BCUT2D eigenvalue weighted by molar-refractivity contribution is 5.95. The van der Waals surface area contributed by atoms with E-state index in [0.717, 1.165) is 12.8 Å². The van der Waals surface area contributed by atoms with Gasteiger partial charge in [-0.05, 0) is 37.7 Å². The Hall–Kier alpha value is -1.58. The van der Waals surface area contributed by atoms with Gasteiger partial charge in [0.2, 0.25) is 5.88 Å². The predicted molar refractivity (Wildman–Crippen MR) is 71.9 cm³/mol. The summed E-state index contributed by atoms with van der Waals surface area (Å²) in [4.78, 5) is 4.21. The fraction of sp³-hybridized carbons (Fsp3) is 0.571. The van der Waals surface area contributed by atoms with Gasteiger partial charge in [0.15, 0.2) is 0 Å². The molecule has 1 heterocycles. The van der Waals surface area contributed by atoms with E-state index in [1.165, 1.54) is 19.3 Å². The molecule has 0 bridgehead atoms. The summed E-state index contributed by atoms with van der Waals surface area (Å²) in [7, 11) is 0. The van der Waals surface area contributed by atoms with Gasteiger partial charge in [-0.2, -0.15) is 0 Å². The first kappa shape index (κ1) is 12.9. The Balaban J connectivity index is 2.07. The van der Waals surface area contributed by atoms with Crippen LogP contribution in [-0.4, -0.2) is 16.9 Å². The van der Waals surface area contributed by atoms with E-state index in [9.17, 15) is 0 Å². The zero-order valence-corrected chi connectivity index (χ0v) is 10.9. The summed E-state index contributed by atoms with van der Waals surface area (Å²) in [6.07, 6.45) is 7.94. The number of hydrogen-bond donors (Lipinski definition) is 2. The van der Waals surface area contributed by atoms with Crippen LogP contribution < -0.4 is 10.5 Å². The number of aromatic nitrogens is 1. The van der Waals surface area contributed by atoms with Gasteiger partial charge in [-0.25, -0.2) is 4.98 Å². The van der Waals surface area contributed by atoms with Crippen LogP contribution in [0.2, 0.25) is 0 Å². The smallest absolute Gasteiger partial charge is 0.214 e. The molecule has 0 amide bonds. The molecule has 4 nitrogen and oxygen atoms in total. The highest BCUT2D eigenvalue weighted by Gasteiger charge is 2.25. The molecule has 1 aliphatic rings. The number of amidine groups is 1. The molecule has 98 valence electrons. The SMILES string of the molecule is CCC1CCCCC1Oc1cc(C(=N)N)ccn1. The maximum Gasteiger partial charge on any atom is 0.214 e. The van der Waals surface area contributed by atoms with Crippen LogP contribution in [0.5, 0.6) is 5.88 Å². The lowest BCUT2D eigenvalue weighted by molar-refractivity contribution is 0.0858. The molecule has 1 aliphatic carbocycles. The van der Waals surface area contributed by atoms with E-state index in [-0.39, 0.29) is 11.9 Å². The normalized spacial score (nSPS) is 23.6. The number of nitrogens with one attached hydrogen (secondary N) is 1. The van der Waals surface area contributed by atoms with E-state index in [1.54, 1.807) is 18.3 Å². The minimum Gasteiger partial charge on any atom is -0.474 e. The third-order valence-electron chi connectivity index (χ3n) is 3.68. The van der Waals surface area contributed by atoms with Crippen molar-refractivity contribution in [3.8, 4) is 5.88 Å². The zero-order valence-electron chi connectivity index (χ0n) is 10.9. The summed E-state index contributed by atoms with van der Waals surface area (Å²) in [5.41, 5.74) is 6.14. The van der Waals surface area contributed by atoms with Crippen LogP contribution in [0.15, 0.2) is 18.3 Å². The van der Waals surface area contributed by atoms with Gasteiger partial charge >= 0.3 is 0 Å². The average molecular weight is 247 g/mol. The highest BCUT2D eigenvalue weighted by atomic mass is 16.5. The van der Waals surface area contributed by atoms with Gasteiger partial charge < -0.3 is 10.5 Å². The maximum atomic E-state index is 7.42. The first-order valence-corrected chi connectivity index (χ1v) is 6.67. The van der Waals surface area contributed by atoms with Crippen molar-refractivity contribution < 1.29 is 4.74 Å². The number of nitrogens with zero attached hydrogens (tertiary/aromatic N) is 1. The molecular formula is C14H21N3O. The Bertz CT molecular complexity index is 419. The Morgan fingerprint density at radius 2 is 2.28 bits per heavy atom. The first-order valence-electron chi connectivity index (χ1n) is 6.67. The predicted octanol–water partition coefficient (Wildman–Crippen LogP) is 2.71. The third-order valence-corrected chi connectivity index (χ3v) is 3.68. The van der Waals surface area contributed by atoms with E-state index >= 15 is 0 Å². The monoisotopic (exact) mass is 247 g/mol. The van der Waals surface area contributed by atoms with Crippen molar-refractivity contribution in [3.63, 3.8) is 0 Å². The van der Waals surface area contributed by atoms with Crippen LogP contribution in [0.4, 0.5) is 0 Å². The molecule has 3 N–H and O–H groups in total. The van der Waals surface area contributed by atoms with Gasteiger partial charge in [-0.15, -0.1) is 0 Å². The molecule has 2 rings (SSSR count). The lowest BCUT2D eigenvalue weighted by Gasteiger charge is -2.30. The molecule has 1 saturated carbocycles. The average Bonchev–Trinajstić information content (AvgIpc) is 2.39. The maximum absolute atomic E-state index is 7.42. The summed E-state index contributed by atoms with van der Waals surface area (Å²) < 4.78 is 5.99. The van der Waals surface area contributed by atoms with Crippen molar-refractivity contribution >= 4 is 5.84 Å². The topological polar surface area (TPSA) is 72.0 Å². The van der Waals surface area contributed by atoms with Crippen LogP contribution in [0, 0.1) is 11.3 Å². The molecule has 2 unspecified atom stereocenters. The molecule has 0 aliphatic heterocycles. The quantitative estimate of drug-likeness (QED) is 0.634. The lowest BCUT2D eigenvalue weighted by Crippen LogP contribution is -2.30. The van der Waals surface area contributed by atoms with E-state index in [2.05, 4.69) is 11.9 Å². The summed E-state index contributed by atoms with van der Waals surface area (Å²) in [6.45, 7) is 2.21. The van der Waals surface area contributed by atoms with E-state index in [4.69, 9.17) is 15.9 Å². The molecular weight excluding hydrogens is 226 g/mol. The second-order valence-electron chi connectivity index (χ2n) is 4.91. The standard InChI is InChI=1S/C14H21N3O/c1-2-10-5-3-4-6-12(10)18-13-9-11(14(15)16)7-8-17-13/h7-10,12H,2-6H2,1H3,(H3,15,16). The van der Waals surface area contributed by atoms with Crippen LogP contribution >= 0.6 is 0 Å². The van der Waals surface area contributed by atoms with Crippen molar-refractivity contribution in [1.29, 1.82) is 5.41 Å². The number of rotatable bonds is 4. The fourth-order valence-corrected chi connectivity index (χ4v) is 2.59. The number of ether oxygens (including phenoxy) is 1. The fourth-order valence-electron chi connectivity index (χ4n) is 2.59. The molecule has 2 atom stereocenters. The Labute approximate surface area is 108 Å². The number of nitrogens with two attached hydrogens (primary N) is 1. The van der Waals surface area contributed by atoms with Gasteiger partial charge in [0.25, 0.3) is 0 Å². The Kier molecular flexibility index (Phi) is 4.18. The first-order chi connectivity index (χ1) is 8.70. The molecule has 18 heavy (non-hydrogen) atoms. The van der Waals surface area contributed by atoms with Gasteiger partial charge in [0.05, 0.1) is 0 Å². The van der Waals surface area contributed by atoms with Crippen LogP contribution in [0.1, 0.15) is 44.6 Å². The van der Waals surface area contributed by atoms with Gasteiger partial charge in [-0.1, -0.05) is 13.3 Å². The number of hydrogen-bond acceptors (Lipinski definition) is 3. The van der Waals surface area contributed by atoms with Crippen LogP contribution in [0.3, 0.4) is 0 Å². The summed E-state index contributed by atoms with van der Waals surface area (Å²) >= 11 is 0. The number of nitrogen functional groups attached to an aromatic ring is 1. The van der Waals surface area contributed by atoms with Crippen molar-refractivity contribution in [2.24, 2.45) is 11.7 Å². The number of pyridine rings is 1. The van der Waals surface area contributed by atoms with E-state index in [0.29, 0.717) is 17.4 Å². The molecule has 1 aromatic rings. The van der Waals surface area contributed by atoms with Crippen molar-refractivity contribution in [1.82, 2.24) is 4.98 Å². The lowest BCUT2D eigenvalue weighted by atomic mass is 9.85. The summed E-state index contributed by atoms with van der Waals surface area (Å²) in [6, 6.07) is 3.48. The van der Waals surface area contributed by atoms with Gasteiger partial charge in [0, 0.05) is 17.8 Å². The van der Waals surface area contributed by atoms with Crippen LogP contribution in [0.25, 0.3) is 0 Å². The van der Waals surface area contributed by atoms with Gasteiger partial charge in [0.1, 0.15) is 11.9 Å².